The van der Waals surface area contributed by atoms with Gasteiger partial charge in [0.15, 0.2) is 0 Å². The van der Waals surface area contributed by atoms with Crippen LogP contribution in [0.3, 0.4) is 0 Å². The van der Waals surface area contributed by atoms with Crippen molar-refractivity contribution in [1.82, 2.24) is 9.47 Å². The van der Waals surface area contributed by atoms with Crippen LogP contribution in [0.15, 0.2) is 59.2 Å². The number of nitrogens with zero attached hydrogens (tertiary/aromatic N) is 3. The zero-order valence-electron chi connectivity index (χ0n) is 22.4. The monoisotopic (exact) mass is 516 g/mol. The molecule has 0 radical (unpaired) electrons. The Morgan fingerprint density at radius 1 is 1.18 bits per heavy atom. The first-order chi connectivity index (χ1) is 18.1. The number of aromatic nitrogens is 1. The van der Waals surface area contributed by atoms with Crippen molar-refractivity contribution in [3.8, 4) is 11.1 Å². The van der Waals surface area contributed by atoms with Gasteiger partial charge in [0.25, 0.3) is 11.5 Å². The Morgan fingerprint density at radius 2 is 1.95 bits per heavy atom. The number of amides is 2. The van der Waals surface area contributed by atoms with Gasteiger partial charge in [-0.25, -0.2) is 0 Å². The molecule has 2 fully saturated rings. The van der Waals surface area contributed by atoms with Gasteiger partial charge in [0.05, 0.1) is 12.3 Å². The summed E-state index contributed by atoms with van der Waals surface area (Å²) in [6.07, 6.45) is 7.09. The predicted octanol–water partition coefficient (Wildman–Crippen LogP) is 3.80. The maximum Gasteiger partial charge on any atom is 0.274 e. The van der Waals surface area contributed by atoms with Gasteiger partial charge < -0.3 is 24.8 Å². The highest BCUT2D eigenvalue weighted by atomic mass is 16.3. The van der Waals surface area contributed by atoms with Crippen molar-refractivity contribution in [3.63, 3.8) is 0 Å². The number of nitrogens with one attached hydrogen (secondary N) is 1. The number of aliphatic hydroxyl groups is 1. The number of carbonyl (C=O) groups excluding carboxylic acids is 2. The van der Waals surface area contributed by atoms with Crippen molar-refractivity contribution in [2.45, 2.75) is 46.1 Å². The van der Waals surface area contributed by atoms with Gasteiger partial charge >= 0.3 is 0 Å². The van der Waals surface area contributed by atoms with E-state index in [1.165, 1.54) is 4.57 Å². The van der Waals surface area contributed by atoms with Crippen molar-refractivity contribution in [2.75, 3.05) is 29.9 Å². The molecule has 1 aliphatic carbocycles. The normalized spacial score (nSPS) is 20.8. The fraction of sp³-hybridized carbons (Fsp3) is 0.433. The number of pyridine rings is 1. The number of benzene rings is 1. The minimum Gasteiger partial charge on any atom is -0.392 e. The maximum absolute atomic E-state index is 13.8. The van der Waals surface area contributed by atoms with E-state index in [4.69, 9.17) is 0 Å². The summed E-state index contributed by atoms with van der Waals surface area (Å²) >= 11 is 0. The van der Waals surface area contributed by atoms with E-state index in [0.717, 1.165) is 37.8 Å². The molecule has 8 heteroatoms. The summed E-state index contributed by atoms with van der Waals surface area (Å²) in [5, 5.41) is 13.3. The lowest BCUT2D eigenvalue weighted by atomic mass is 9.81. The number of rotatable bonds is 5. The Balaban J connectivity index is 1.51. The fourth-order valence-electron chi connectivity index (χ4n) is 5.51. The summed E-state index contributed by atoms with van der Waals surface area (Å²) in [6.45, 7) is 10.4. The third kappa shape index (κ3) is 5.05. The number of anilines is 2. The molecule has 2 aromatic rings. The Labute approximate surface area is 223 Å². The van der Waals surface area contributed by atoms with E-state index < -0.39 is 0 Å². The quantitative estimate of drug-likeness (QED) is 0.631. The number of fused-ring (bicyclic) bond motifs is 1. The highest BCUT2D eigenvalue weighted by molar-refractivity contribution is 6.07. The van der Waals surface area contributed by atoms with Crippen molar-refractivity contribution < 1.29 is 14.7 Å². The highest BCUT2D eigenvalue weighted by Gasteiger charge is 2.34. The van der Waals surface area contributed by atoms with Crippen LogP contribution in [0.2, 0.25) is 0 Å². The van der Waals surface area contributed by atoms with Gasteiger partial charge in [-0.15, -0.1) is 0 Å². The van der Waals surface area contributed by atoms with Crippen molar-refractivity contribution >= 4 is 23.2 Å². The van der Waals surface area contributed by atoms with E-state index in [1.54, 1.807) is 24.2 Å². The van der Waals surface area contributed by atoms with E-state index in [1.807, 2.05) is 24.3 Å². The summed E-state index contributed by atoms with van der Waals surface area (Å²) in [5.74, 6) is -0.285. The van der Waals surface area contributed by atoms with Crippen LogP contribution in [0.1, 0.15) is 45.1 Å². The molecule has 0 unspecified atom stereocenters. The molecule has 200 valence electrons. The van der Waals surface area contributed by atoms with E-state index in [-0.39, 0.29) is 41.0 Å². The zero-order chi connectivity index (χ0) is 27.2. The molecule has 3 heterocycles. The molecule has 5 rings (SSSR count). The SMILES string of the molecule is C=C1/C=C2/C(=O)N(c3cccc(-c4cc(NC(=O)C5CC5)c(=O)n(C)c4)c3CO)CCN2CCC(C)(C)C1. The molecule has 2 N–H and O–H groups in total. The van der Waals surface area contributed by atoms with Crippen LogP contribution in [-0.2, 0) is 23.2 Å². The fourth-order valence-corrected chi connectivity index (χ4v) is 5.51. The number of aryl methyl sites for hydroxylation is 1. The number of hydrogen-bond donors (Lipinski definition) is 2. The summed E-state index contributed by atoms with van der Waals surface area (Å²) in [6, 6.07) is 7.22. The van der Waals surface area contributed by atoms with Crippen LogP contribution >= 0.6 is 0 Å². The second-order valence-corrected chi connectivity index (χ2v) is 11.5. The molecular weight excluding hydrogens is 480 g/mol. The van der Waals surface area contributed by atoms with Crippen LogP contribution in [0.25, 0.3) is 11.1 Å². The lowest BCUT2D eigenvalue weighted by Gasteiger charge is -2.41. The summed E-state index contributed by atoms with van der Waals surface area (Å²) in [7, 11) is 1.64. The third-order valence-corrected chi connectivity index (χ3v) is 7.80. The van der Waals surface area contributed by atoms with Gasteiger partial charge in [0.1, 0.15) is 11.4 Å². The topological polar surface area (TPSA) is 94.9 Å². The molecule has 0 bridgehead atoms. The van der Waals surface area contributed by atoms with Crippen LogP contribution in [0.4, 0.5) is 11.4 Å². The lowest BCUT2D eigenvalue weighted by molar-refractivity contribution is -0.118. The first kappa shape index (κ1) is 26.0. The zero-order valence-corrected chi connectivity index (χ0v) is 22.4. The van der Waals surface area contributed by atoms with E-state index in [0.29, 0.717) is 41.2 Å². The van der Waals surface area contributed by atoms with Crippen LogP contribution in [0.5, 0.6) is 0 Å². The largest absolute Gasteiger partial charge is 0.392 e. The molecule has 8 nitrogen and oxygen atoms in total. The first-order valence-electron chi connectivity index (χ1n) is 13.3. The molecule has 0 spiro atoms. The average Bonchev–Trinajstić information content (AvgIpc) is 3.71. The third-order valence-electron chi connectivity index (χ3n) is 7.80. The van der Waals surface area contributed by atoms with E-state index >= 15 is 0 Å². The molecule has 2 amide bonds. The van der Waals surface area contributed by atoms with Gasteiger partial charge in [-0.2, -0.15) is 0 Å². The first-order valence-corrected chi connectivity index (χ1v) is 13.3. The molecular formula is C30H36N4O4. The molecule has 38 heavy (non-hydrogen) atoms. The van der Waals surface area contributed by atoms with Gasteiger partial charge in [-0.3, -0.25) is 14.4 Å². The maximum atomic E-state index is 13.8. The Morgan fingerprint density at radius 3 is 2.66 bits per heavy atom. The van der Waals surface area contributed by atoms with Crippen LogP contribution in [0, 0.1) is 11.3 Å². The molecule has 1 saturated carbocycles. The summed E-state index contributed by atoms with van der Waals surface area (Å²) in [5.41, 5.74) is 4.23. The van der Waals surface area contributed by atoms with Gasteiger partial charge in [-0.1, -0.05) is 38.1 Å². The standard InChI is InChI=1S/C30H36N4O4/c1-19-14-26-29(38)34(13-12-33(26)11-10-30(2,3)16-19)25-7-5-6-22(23(25)18-35)21-15-24(28(37)32(4)17-21)31-27(36)20-8-9-20/h5-7,14-15,17,20,35H,1,8-13,16,18H2,2-4H3,(H,31,36)/b26-14-. The Kier molecular flexibility index (Phi) is 6.77. The number of carbonyl (C=O) groups is 2. The van der Waals surface area contributed by atoms with Crippen molar-refractivity contribution in [1.29, 1.82) is 0 Å². The molecule has 1 aromatic heterocycles. The second kappa shape index (κ2) is 9.91. The van der Waals surface area contributed by atoms with Crippen molar-refractivity contribution in [2.24, 2.45) is 18.4 Å². The number of aliphatic hydroxyl groups excluding tert-OH is 1. The molecule has 1 aromatic carbocycles. The van der Waals surface area contributed by atoms with Gasteiger partial charge in [-0.05, 0) is 54.9 Å². The molecule has 1 saturated heterocycles. The van der Waals surface area contributed by atoms with Crippen molar-refractivity contribution in [3.05, 3.63) is 70.3 Å². The molecule has 3 aliphatic rings. The molecule has 0 atom stereocenters. The minimum absolute atomic E-state index is 0.0332. The summed E-state index contributed by atoms with van der Waals surface area (Å²) < 4.78 is 1.43. The number of allylic oxidation sites excluding steroid dienone is 2. The Bertz CT molecular complexity index is 1400. The lowest BCUT2D eigenvalue weighted by Crippen LogP contribution is -2.50. The Hall–Kier alpha value is -3.65. The summed E-state index contributed by atoms with van der Waals surface area (Å²) in [4.78, 5) is 42.8. The van der Waals surface area contributed by atoms with E-state index in [2.05, 4.69) is 30.6 Å². The molecule has 2 aliphatic heterocycles. The van der Waals surface area contributed by atoms with E-state index in [9.17, 15) is 19.5 Å². The van der Waals surface area contributed by atoms with Gasteiger partial charge in [0, 0.05) is 49.9 Å². The van der Waals surface area contributed by atoms with Crippen LogP contribution < -0.4 is 15.8 Å². The smallest absolute Gasteiger partial charge is 0.274 e. The number of piperazine rings is 1. The van der Waals surface area contributed by atoms with Gasteiger partial charge in [0.2, 0.25) is 5.91 Å². The highest BCUT2D eigenvalue weighted by Crippen LogP contribution is 2.37. The average molecular weight is 517 g/mol. The van der Waals surface area contributed by atoms with Crippen LogP contribution in [-0.4, -0.2) is 46.0 Å². The number of hydrogen-bond acceptors (Lipinski definition) is 5. The minimum atomic E-state index is -0.296. The predicted molar refractivity (Wildman–Crippen MR) is 149 cm³/mol. The second-order valence-electron chi connectivity index (χ2n) is 11.5.